The van der Waals surface area contributed by atoms with E-state index >= 15 is 0 Å². The van der Waals surface area contributed by atoms with E-state index in [4.69, 9.17) is 5.73 Å². The van der Waals surface area contributed by atoms with E-state index in [-0.39, 0.29) is 5.82 Å². The molecular weight excluding hydrogens is 199 g/mol. The van der Waals surface area contributed by atoms with E-state index in [2.05, 4.69) is 4.98 Å². The molecule has 0 amide bonds. The van der Waals surface area contributed by atoms with Gasteiger partial charge in [-0.25, -0.2) is 4.39 Å². The molecule has 2 aromatic rings. The van der Waals surface area contributed by atoms with Crippen molar-refractivity contribution in [2.75, 3.05) is 5.73 Å². The molecule has 0 fully saturated rings. The van der Waals surface area contributed by atoms with Gasteiger partial charge in [0.2, 0.25) is 0 Å². The fraction of sp³-hybridized carbons (Fsp3) is 0.100. The van der Waals surface area contributed by atoms with Gasteiger partial charge in [-0.15, -0.1) is 11.3 Å². The highest BCUT2D eigenvalue weighted by molar-refractivity contribution is 7.09. The van der Waals surface area contributed by atoms with Crippen LogP contribution in [0.3, 0.4) is 0 Å². The number of rotatable bonds is 2. The third-order valence-corrected chi connectivity index (χ3v) is 2.74. The number of anilines is 1. The Morgan fingerprint density at radius 2 is 2.29 bits per heavy atom. The van der Waals surface area contributed by atoms with Gasteiger partial charge in [0.15, 0.2) is 0 Å². The van der Waals surface area contributed by atoms with Gasteiger partial charge in [-0.2, -0.15) is 0 Å². The van der Waals surface area contributed by atoms with Gasteiger partial charge in [-0.3, -0.25) is 4.98 Å². The van der Waals surface area contributed by atoms with Crippen molar-refractivity contribution in [2.45, 2.75) is 6.42 Å². The number of aromatic nitrogens is 1. The summed E-state index contributed by atoms with van der Waals surface area (Å²) in [6, 6.07) is 4.48. The van der Waals surface area contributed by atoms with E-state index in [1.54, 1.807) is 29.1 Å². The normalized spacial score (nSPS) is 10.4. The molecule has 0 radical (unpaired) electrons. The van der Waals surface area contributed by atoms with E-state index in [0.717, 1.165) is 16.9 Å². The maximum atomic E-state index is 12.7. The molecule has 0 saturated heterocycles. The SMILES string of the molecule is Nc1cc(F)ccc1Cc1cncs1. The van der Waals surface area contributed by atoms with Crippen LogP contribution in [0.4, 0.5) is 10.1 Å². The van der Waals surface area contributed by atoms with Crippen LogP contribution in [0.1, 0.15) is 10.4 Å². The number of nitrogens with two attached hydrogens (primary N) is 1. The minimum atomic E-state index is -0.296. The first kappa shape index (κ1) is 9.15. The molecule has 72 valence electrons. The Kier molecular flexibility index (Phi) is 2.45. The molecule has 1 aromatic heterocycles. The van der Waals surface area contributed by atoms with Crippen molar-refractivity contribution in [2.24, 2.45) is 0 Å². The molecule has 0 spiro atoms. The second kappa shape index (κ2) is 3.75. The highest BCUT2D eigenvalue weighted by Gasteiger charge is 2.03. The molecule has 0 atom stereocenters. The topological polar surface area (TPSA) is 38.9 Å². The van der Waals surface area contributed by atoms with Crippen molar-refractivity contribution in [1.82, 2.24) is 4.98 Å². The Hall–Kier alpha value is -1.42. The molecule has 2 rings (SSSR count). The second-order valence-corrected chi connectivity index (χ2v) is 3.96. The lowest BCUT2D eigenvalue weighted by atomic mass is 10.1. The third-order valence-electron chi connectivity index (χ3n) is 1.96. The first-order chi connectivity index (χ1) is 6.75. The molecule has 0 aliphatic rings. The van der Waals surface area contributed by atoms with Crippen LogP contribution in [0.2, 0.25) is 0 Å². The highest BCUT2D eigenvalue weighted by Crippen LogP contribution is 2.19. The highest BCUT2D eigenvalue weighted by atomic mass is 32.1. The summed E-state index contributed by atoms with van der Waals surface area (Å²) in [7, 11) is 0. The van der Waals surface area contributed by atoms with Gasteiger partial charge in [0.1, 0.15) is 5.82 Å². The lowest BCUT2D eigenvalue weighted by Gasteiger charge is -2.03. The van der Waals surface area contributed by atoms with Gasteiger partial charge in [0.05, 0.1) is 5.51 Å². The monoisotopic (exact) mass is 208 g/mol. The van der Waals surface area contributed by atoms with Crippen LogP contribution in [0.15, 0.2) is 29.9 Å². The van der Waals surface area contributed by atoms with E-state index in [9.17, 15) is 4.39 Å². The Labute approximate surface area is 85.2 Å². The zero-order valence-electron chi connectivity index (χ0n) is 7.40. The van der Waals surface area contributed by atoms with Crippen LogP contribution < -0.4 is 5.73 Å². The van der Waals surface area contributed by atoms with E-state index in [1.165, 1.54) is 12.1 Å². The van der Waals surface area contributed by atoms with E-state index in [0.29, 0.717) is 5.69 Å². The van der Waals surface area contributed by atoms with Crippen LogP contribution >= 0.6 is 11.3 Å². The van der Waals surface area contributed by atoms with Crippen LogP contribution in [0.25, 0.3) is 0 Å². The Balaban J connectivity index is 2.25. The van der Waals surface area contributed by atoms with Crippen LogP contribution in [0.5, 0.6) is 0 Å². The van der Waals surface area contributed by atoms with Crippen LogP contribution in [-0.2, 0) is 6.42 Å². The zero-order valence-corrected chi connectivity index (χ0v) is 8.22. The van der Waals surface area contributed by atoms with Gasteiger partial charge < -0.3 is 5.73 Å². The number of nitrogens with zero attached hydrogens (tertiary/aromatic N) is 1. The average molecular weight is 208 g/mol. The number of benzene rings is 1. The molecule has 1 heterocycles. The van der Waals surface area contributed by atoms with Crippen LogP contribution in [-0.4, -0.2) is 4.98 Å². The van der Waals surface area contributed by atoms with Crippen molar-refractivity contribution < 1.29 is 4.39 Å². The molecule has 14 heavy (non-hydrogen) atoms. The maximum Gasteiger partial charge on any atom is 0.125 e. The van der Waals surface area contributed by atoms with Crippen molar-refractivity contribution in [3.05, 3.63) is 46.2 Å². The Morgan fingerprint density at radius 3 is 2.93 bits per heavy atom. The van der Waals surface area contributed by atoms with Gasteiger partial charge >= 0.3 is 0 Å². The number of thiazole rings is 1. The third kappa shape index (κ3) is 1.90. The van der Waals surface area contributed by atoms with Gasteiger partial charge in [0.25, 0.3) is 0 Å². The molecule has 0 saturated carbocycles. The number of hydrogen-bond donors (Lipinski definition) is 1. The fourth-order valence-electron chi connectivity index (χ4n) is 1.24. The Bertz CT molecular complexity index is 426. The molecule has 2 N–H and O–H groups in total. The molecule has 1 aromatic carbocycles. The molecule has 2 nitrogen and oxygen atoms in total. The van der Waals surface area contributed by atoms with Crippen molar-refractivity contribution in [3.8, 4) is 0 Å². The predicted molar refractivity (Wildman–Crippen MR) is 55.7 cm³/mol. The second-order valence-electron chi connectivity index (χ2n) is 2.99. The number of hydrogen-bond acceptors (Lipinski definition) is 3. The van der Waals surface area contributed by atoms with E-state index < -0.39 is 0 Å². The van der Waals surface area contributed by atoms with E-state index in [1.807, 2.05) is 0 Å². The summed E-state index contributed by atoms with van der Waals surface area (Å²) in [5, 5.41) is 0. The molecule has 4 heteroatoms. The minimum absolute atomic E-state index is 0.296. The summed E-state index contributed by atoms with van der Waals surface area (Å²) in [6.45, 7) is 0. The minimum Gasteiger partial charge on any atom is -0.398 e. The van der Waals surface area contributed by atoms with Gasteiger partial charge in [0, 0.05) is 23.2 Å². The molecule has 0 aliphatic carbocycles. The number of nitrogen functional groups attached to an aromatic ring is 1. The quantitative estimate of drug-likeness (QED) is 0.770. The summed E-state index contributed by atoms with van der Waals surface area (Å²) < 4.78 is 12.7. The molecule has 0 unspecified atom stereocenters. The van der Waals surface area contributed by atoms with Crippen LogP contribution in [0, 0.1) is 5.82 Å². The van der Waals surface area contributed by atoms with Gasteiger partial charge in [-0.1, -0.05) is 6.07 Å². The fourth-order valence-corrected chi connectivity index (χ4v) is 1.86. The van der Waals surface area contributed by atoms with Crippen molar-refractivity contribution in [3.63, 3.8) is 0 Å². The first-order valence-corrected chi connectivity index (χ1v) is 5.05. The zero-order chi connectivity index (χ0) is 9.97. The lowest BCUT2D eigenvalue weighted by molar-refractivity contribution is 0.628. The standard InChI is InChI=1S/C10H9FN2S/c11-8-2-1-7(10(12)4-8)3-9-5-13-6-14-9/h1-2,4-6H,3,12H2. The smallest absolute Gasteiger partial charge is 0.125 e. The largest absolute Gasteiger partial charge is 0.398 e. The van der Waals surface area contributed by atoms with Gasteiger partial charge in [-0.05, 0) is 17.7 Å². The summed E-state index contributed by atoms with van der Waals surface area (Å²) in [5.74, 6) is -0.296. The molecule has 0 aliphatic heterocycles. The Morgan fingerprint density at radius 1 is 1.43 bits per heavy atom. The summed E-state index contributed by atoms with van der Waals surface area (Å²) in [5.41, 5.74) is 8.89. The lowest BCUT2D eigenvalue weighted by Crippen LogP contribution is -1.95. The summed E-state index contributed by atoms with van der Waals surface area (Å²) in [4.78, 5) is 5.10. The average Bonchev–Trinajstić information content (AvgIpc) is 2.62. The molecule has 0 bridgehead atoms. The number of halogens is 1. The summed E-state index contributed by atoms with van der Waals surface area (Å²) in [6.07, 6.45) is 2.52. The van der Waals surface area contributed by atoms with Crippen molar-refractivity contribution in [1.29, 1.82) is 0 Å². The van der Waals surface area contributed by atoms with Crippen molar-refractivity contribution >= 4 is 17.0 Å². The summed E-state index contributed by atoms with van der Waals surface area (Å²) >= 11 is 1.57. The maximum absolute atomic E-state index is 12.7. The first-order valence-electron chi connectivity index (χ1n) is 4.17. The predicted octanol–water partition coefficient (Wildman–Crippen LogP) is 2.46. The molecular formula is C10H9FN2S.